The molecule has 0 aliphatic carbocycles. The monoisotopic (exact) mass is 309 g/mol. The topological polar surface area (TPSA) is 104 Å². The van der Waals surface area contributed by atoms with Crippen LogP contribution in [0, 0.1) is 10.1 Å². The number of nitro groups is 1. The van der Waals surface area contributed by atoms with Crippen molar-refractivity contribution in [1.82, 2.24) is 9.78 Å². The van der Waals surface area contributed by atoms with Crippen LogP contribution in [0.25, 0.3) is 0 Å². The van der Waals surface area contributed by atoms with Gasteiger partial charge in [-0.25, -0.2) is 8.42 Å². The molecule has 106 valence electrons. The summed E-state index contributed by atoms with van der Waals surface area (Å²) < 4.78 is 29.1. The molecule has 1 aromatic rings. The van der Waals surface area contributed by atoms with Crippen LogP contribution in [0.2, 0.25) is 0 Å². The third-order valence-electron chi connectivity index (χ3n) is 2.81. The Balaban J connectivity index is 2.25. The molecule has 10 heteroatoms. The molecule has 1 saturated heterocycles. The Morgan fingerprint density at radius 3 is 2.79 bits per heavy atom. The Morgan fingerprint density at radius 2 is 2.32 bits per heavy atom. The van der Waals surface area contributed by atoms with Gasteiger partial charge in [0, 0.05) is 17.3 Å². The zero-order valence-corrected chi connectivity index (χ0v) is 11.4. The maximum absolute atomic E-state index is 11.2. The highest BCUT2D eigenvalue weighted by molar-refractivity contribution is 8.13. The van der Waals surface area contributed by atoms with E-state index < -0.39 is 24.7 Å². The first kappa shape index (κ1) is 14.2. The quantitative estimate of drug-likeness (QED) is 0.471. The van der Waals surface area contributed by atoms with E-state index in [0.717, 1.165) is 25.5 Å². The lowest BCUT2D eigenvalue weighted by Gasteiger charge is -2.21. The third kappa shape index (κ3) is 3.43. The van der Waals surface area contributed by atoms with Gasteiger partial charge in [0.2, 0.25) is 4.90 Å². The number of hydrogen-bond acceptors (Lipinski definition) is 6. The first-order valence-corrected chi connectivity index (χ1v) is 7.97. The highest BCUT2D eigenvalue weighted by Gasteiger charge is 2.30. The van der Waals surface area contributed by atoms with E-state index in [2.05, 4.69) is 5.10 Å². The molecule has 1 atom stereocenters. The Kier molecular flexibility index (Phi) is 4.07. The normalized spacial score (nSPS) is 20.4. The van der Waals surface area contributed by atoms with Gasteiger partial charge in [-0.3, -0.25) is 0 Å². The van der Waals surface area contributed by atoms with Crippen LogP contribution in [0.5, 0.6) is 0 Å². The van der Waals surface area contributed by atoms with E-state index in [1.165, 1.54) is 4.68 Å². The van der Waals surface area contributed by atoms with Crippen molar-refractivity contribution in [2.45, 2.75) is 36.8 Å². The van der Waals surface area contributed by atoms with Crippen LogP contribution in [-0.2, 0) is 20.3 Å². The number of rotatable bonds is 4. The number of halogens is 1. The van der Waals surface area contributed by atoms with Gasteiger partial charge in [-0.05, 0) is 24.2 Å². The summed E-state index contributed by atoms with van der Waals surface area (Å²) in [7, 11) is 0.955. The fourth-order valence-electron chi connectivity index (χ4n) is 1.94. The highest BCUT2D eigenvalue weighted by Crippen LogP contribution is 2.25. The van der Waals surface area contributed by atoms with Crippen LogP contribution in [0.15, 0.2) is 11.1 Å². The molecule has 2 heterocycles. The van der Waals surface area contributed by atoms with E-state index in [-0.39, 0.29) is 12.6 Å². The molecule has 0 bridgehead atoms. The third-order valence-corrected chi connectivity index (χ3v) is 4.12. The standard InChI is InChI=1S/C9H12ClN3O5S/c10-19(16,17)8-6-12(11-9(8)13(14)15)5-7-3-1-2-4-18-7/h6-7H,1-5H2. The summed E-state index contributed by atoms with van der Waals surface area (Å²) in [5.41, 5.74) is 0. The van der Waals surface area contributed by atoms with E-state index in [9.17, 15) is 18.5 Å². The lowest BCUT2D eigenvalue weighted by Crippen LogP contribution is -2.24. The smallest absolute Gasteiger partial charge is 0.376 e. The maximum Gasteiger partial charge on any atom is 0.410 e. The Labute approximate surface area is 113 Å². The number of aromatic nitrogens is 2. The minimum atomic E-state index is -4.19. The van der Waals surface area contributed by atoms with Crippen LogP contribution < -0.4 is 0 Å². The van der Waals surface area contributed by atoms with Crippen molar-refractivity contribution in [3.05, 3.63) is 16.3 Å². The van der Waals surface area contributed by atoms with Crippen molar-refractivity contribution in [1.29, 1.82) is 0 Å². The summed E-state index contributed by atoms with van der Waals surface area (Å²) in [4.78, 5) is 9.29. The zero-order chi connectivity index (χ0) is 14.0. The molecule has 0 aromatic carbocycles. The molecule has 0 N–H and O–H groups in total. The van der Waals surface area contributed by atoms with Gasteiger partial charge in [0.05, 0.1) is 23.9 Å². The predicted molar refractivity (Wildman–Crippen MR) is 65.5 cm³/mol. The molecule has 0 amide bonds. The van der Waals surface area contributed by atoms with Crippen molar-refractivity contribution in [2.24, 2.45) is 0 Å². The molecule has 8 nitrogen and oxygen atoms in total. The van der Waals surface area contributed by atoms with Crippen LogP contribution in [-0.4, -0.2) is 35.8 Å². The van der Waals surface area contributed by atoms with Gasteiger partial charge in [0.25, 0.3) is 9.05 Å². The van der Waals surface area contributed by atoms with Crippen LogP contribution in [0.4, 0.5) is 5.82 Å². The van der Waals surface area contributed by atoms with Crippen LogP contribution >= 0.6 is 10.7 Å². The van der Waals surface area contributed by atoms with Crippen LogP contribution in [0.3, 0.4) is 0 Å². The van der Waals surface area contributed by atoms with Gasteiger partial charge in [-0.15, -0.1) is 0 Å². The van der Waals surface area contributed by atoms with Crippen molar-refractivity contribution >= 4 is 25.6 Å². The van der Waals surface area contributed by atoms with Crippen molar-refractivity contribution in [3.8, 4) is 0 Å². The van der Waals surface area contributed by atoms with Gasteiger partial charge >= 0.3 is 5.82 Å². The molecular formula is C9H12ClN3O5S. The SMILES string of the molecule is O=[N+]([O-])c1nn(CC2CCCCO2)cc1S(=O)(=O)Cl. The largest absolute Gasteiger partial charge is 0.410 e. The lowest BCUT2D eigenvalue weighted by atomic mass is 10.1. The molecule has 0 spiro atoms. The fraction of sp³-hybridized carbons (Fsp3) is 0.667. The number of hydrogen-bond donors (Lipinski definition) is 0. The summed E-state index contributed by atoms with van der Waals surface area (Å²) in [5, 5.41) is 14.4. The Morgan fingerprint density at radius 1 is 1.58 bits per heavy atom. The van der Waals surface area contributed by atoms with Crippen LogP contribution in [0.1, 0.15) is 19.3 Å². The molecule has 0 radical (unpaired) electrons. The molecule has 2 rings (SSSR count). The van der Waals surface area contributed by atoms with Gasteiger partial charge in [0.15, 0.2) is 0 Å². The average Bonchev–Trinajstić information content (AvgIpc) is 2.74. The molecule has 0 saturated carbocycles. The van der Waals surface area contributed by atoms with Crippen molar-refractivity contribution in [3.63, 3.8) is 0 Å². The van der Waals surface area contributed by atoms with Crippen molar-refractivity contribution < 1.29 is 18.1 Å². The summed E-state index contributed by atoms with van der Waals surface area (Å²) in [6, 6.07) is 0. The lowest BCUT2D eigenvalue weighted by molar-refractivity contribution is -0.392. The molecule has 1 aliphatic heterocycles. The zero-order valence-electron chi connectivity index (χ0n) is 9.86. The second-order valence-corrected chi connectivity index (χ2v) is 6.76. The molecule has 1 aliphatic rings. The predicted octanol–water partition coefficient (Wildman–Crippen LogP) is 1.29. The second-order valence-electron chi connectivity index (χ2n) is 4.22. The summed E-state index contributed by atoms with van der Waals surface area (Å²) in [6.07, 6.45) is 3.76. The summed E-state index contributed by atoms with van der Waals surface area (Å²) in [6.45, 7) is 0.905. The second kappa shape index (κ2) is 5.43. The summed E-state index contributed by atoms with van der Waals surface area (Å²) >= 11 is 0. The van der Waals surface area contributed by atoms with E-state index in [1.54, 1.807) is 0 Å². The highest BCUT2D eigenvalue weighted by atomic mass is 35.7. The van der Waals surface area contributed by atoms with E-state index in [0.29, 0.717) is 6.61 Å². The minimum Gasteiger partial charge on any atom is -0.376 e. The Hall–Kier alpha value is -1.19. The summed E-state index contributed by atoms with van der Waals surface area (Å²) in [5.74, 6) is -0.759. The van der Waals surface area contributed by atoms with Gasteiger partial charge in [0.1, 0.15) is 0 Å². The molecular weight excluding hydrogens is 298 g/mol. The van der Waals surface area contributed by atoms with E-state index in [4.69, 9.17) is 15.4 Å². The first-order chi connectivity index (χ1) is 8.88. The molecule has 1 unspecified atom stereocenters. The molecule has 19 heavy (non-hydrogen) atoms. The van der Waals surface area contributed by atoms with Gasteiger partial charge < -0.3 is 14.9 Å². The van der Waals surface area contributed by atoms with E-state index >= 15 is 0 Å². The molecule has 1 fully saturated rings. The Bertz CT molecular complexity index is 579. The van der Waals surface area contributed by atoms with E-state index in [1.807, 2.05) is 0 Å². The number of ether oxygens (including phenoxy) is 1. The maximum atomic E-state index is 11.2. The number of nitrogens with zero attached hydrogens (tertiary/aromatic N) is 3. The minimum absolute atomic E-state index is 0.112. The van der Waals surface area contributed by atoms with Gasteiger partial charge in [-0.2, -0.15) is 4.68 Å². The van der Waals surface area contributed by atoms with Gasteiger partial charge in [-0.1, -0.05) is 0 Å². The fourth-order valence-corrected chi connectivity index (χ4v) is 2.85. The first-order valence-electron chi connectivity index (χ1n) is 5.66. The molecule has 1 aromatic heterocycles. The average molecular weight is 310 g/mol. The van der Waals surface area contributed by atoms with Crippen molar-refractivity contribution in [2.75, 3.05) is 6.61 Å².